The third-order valence-electron chi connectivity index (χ3n) is 5.37. The normalized spacial score (nSPS) is 11.6. The highest BCUT2D eigenvalue weighted by molar-refractivity contribution is 5.86. The maximum atomic E-state index is 13.4. The Balaban J connectivity index is 1.87. The monoisotopic (exact) mass is 540 g/mol. The number of para-hydroxylation sites is 1. The minimum absolute atomic E-state index is 0.0137. The minimum Gasteiger partial charge on any atom is -0.481 e. The van der Waals surface area contributed by atoms with Gasteiger partial charge in [-0.3, -0.25) is 14.9 Å². The summed E-state index contributed by atoms with van der Waals surface area (Å²) in [6, 6.07) is 14.0. The van der Waals surface area contributed by atoms with Crippen LogP contribution >= 0.6 is 0 Å². The molecule has 0 bridgehead atoms. The first kappa shape index (κ1) is 27.0. The molecule has 3 aromatic carbocycles. The Labute approximate surface area is 218 Å². The van der Waals surface area contributed by atoms with Gasteiger partial charge in [-0.2, -0.15) is 22.9 Å². The zero-order valence-corrected chi connectivity index (χ0v) is 20.2. The van der Waals surface area contributed by atoms with Gasteiger partial charge in [0.25, 0.3) is 11.2 Å². The van der Waals surface area contributed by atoms with E-state index in [1.165, 1.54) is 30.3 Å². The molecule has 0 aliphatic heterocycles. The van der Waals surface area contributed by atoms with Crippen LogP contribution < -0.4 is 10.3 Å². The Kier molecular flexibility index (Phi) is 7.70. The van der Waals surface area contributed by atoms with Gasteiger partial charge in [0, 0.05) is 23.3 Å². The van der Waals surface area contributed by atoms with Crippen LogP contribution in [0.25, 0.3) is 22.3 Å². The number of benzene rings is 3. The average molecular weight is 540 g/mol. The van der Waals surface area contributed by atoms with Crippen molar-refractivity contribution in [3.8, 4) is 17.1 Å². The van der Waals surface area contributed by atoms with Crippen LogP contribution in [0.5, 0.6) is 5.75 Å². The molecule has 13 heteroatoms. The Morgan fingerprint density at radius 3 is 2.62 bits per heavy atom. The number of hydrogen-bond acceptors (Lipinski definition) is 8. The van der Waals surface area contributed by atoms with Gasteiger partial charge in [0.2, 0.25) is 0 Å². The van der Waals surface area contributed by atoms with Crippen LogP contribution in [0.1, 0.15) is 18.1 Å². The summed E-state index contributed by atoms with van der Waals surface area (Å²) in [6.07, 6.45) is -3.59. The molecule has 0 saturated heterocycles. The van der Waals surface area contributed by atoms with Crippen molar-refractivity contribution in [3.05, 3.63) is 98.3 Å². The molecule has 0 saturated carbocycles. The summed E-state index contributed by atoms with van der Waals surface area (Å²) in [6.45, 7) is 1.23. The van der Waals surface area contributed by atoms with Gasteiger partial charge in [0.15, 0.2) is 12.4 Å². The van der Waals surface area contributed by atoms with Crippen LogP contribution in [0.4, 0.5) is 18.9 Å². The van der Waals surface area contributed by atoms with Gasteiger partial charge >= 0.3 is 12.1 Å². The van der Waals surface area contributed by atoms with E-state index >= 15 is 0 Å². The summed E-state index contributed by atoms with van der Waals surface area (Å²) in [5.74, 6) is -0.860. The fraction of sp³-hybridized carbons (Fsp3) is 0.154. The molecule has 0 fully saturated rings. The third-order valence-corrected chi connectivity index (χ3v) is 5.37. The van der Waals surface area contributed by atoms with Crippen LogP contribution in [-0.2, 0) is 15.7 Å². The molecule has 4 aromatic rings. The van der Waals surface area contributed by atoms with Crippen LogP contribution in [-0.4, -0.2) is 40.0 Å². The Morgan fingerprint density at radius 1 is 1.13 bits per heavy atom. The smallest absolute Gasteiger partial charge is 0.416 e. The second-order valence-electron chi connectivity index (χ2n) is 7.97. The molecular weight excluding hydrogens is 521 g/mol. The van der Waals surface area contributed by atoms with Crippen molar-refractivity contribution >= 4 is 28.8 Å². The number of ether oxygens (including phenoxy) is 2. The summed E-state index contributed by atoms with van der Waals surface area (Å²) in [4.78, 5) is 40.1. The lowest BCUT2D eigenvalue weighted by Gasteiger charge is -2.12. The van der Waals surface area contributed by atoms with Gasteiger partial charge in [-0.15, -0.1) is 0 Å². The standard InChI is InChI=1S/C26H19F3N4O6/c1-2-38-23(34)15-39-22-11-10-19(33(36)37)13-17(22)14-30-32-24(16-6-5-7-18(12-16)26(27,28)29)31-21-9-4-3-8-20(21)25(32)35/h3-14H,2,15H2,1H3. The first-order chi connectivity index (χ1) is 18.6. The Morgan fingerprint density at radius 2 is 1.90 bits per heavy atom. The van der Waals surface area contributed by atoms with Gasteiger partial charge in [-0.1, -0.05) is 24.3 Å². The third kappa shape index (κ3) is 6.09. The van der Waals surface area contributed by atoms with Gasteiger partial charge in [-0.05, 0) is 37.3 Å². The number of rotatable bonds is 8. The Bertz CT molecular complexity index is 1650. The van der Waals surface area contributed by atoms with E-state index in [0.29, 0.717) is 0 Å². The van der Waals surface area contributed by atoms with Gasteiger partial charge in [0.05, 0.1) is 34.2 Å². The highest BCUT2D eigenvalue weighted by Gasteiger charge is 2.31. The lowest BCUT2D eigenvalue weighted by molar-refractivity contribution is -0.384. The van der Waals surface area contributed by atoms with Crippen LogP contribution in [0.15, 0.2) is 76.6 Å². The number of esters is 1. The topological polar surface area (TPSA) is 126 Å². The van der Waals surface area contributed by atoms with Crippen LogP contribution in [0.2, 0.25) is 0 Å². The number of non-ortho nitro benzene ring substituents is 1. The summed E-state index contributed by atoms with van der Waals surface area (Å²) < 4.78 is 51.2. The molecule has 4 rings (SSSR count). The van der Waals surface area contributed by atoms with Crippen molar-refractivity contribution in [3.63, 3.8) is 0 Å². The number of nitro benzene ring substituents is 1. The van der Waals surface area contributed by atoms with Crippen LogP contribution in [0, 0.1) is 10.1 Å². The van der Waals surface area contributed by atoms with Crippen molar-refractivity contribution in [2.75, 3.05) is 13.2 Å². The van der Waals surface area contributed by atoms with Crippen LogP contribution in [0.3, 0.4) is 0 Å². The molecule has 39 heavy (non-hydrogen) atoms. The second kappa shape index (κ2) is 11.1. The highest BCUT2D eigenvalue weighted by Crippen LogP contribution is 2.32. The number of fused-ring (bicyclic) bond motifs is 1. The summed E-state index contributed by atoms with van der Waals surface area (Å²) in [5.41, 5.74) is -1.77. The largest absolute Gasteiger partial charge is 0.481 e. The number of alkyl halides is 3. The summed E-state index contributed by atoms with van der Waals surface area (Å²) in [5, 5.41) is 15.6. The maximum absolute atomic E-state index is 13.4. The molecule has 10 nitrogen and oxygen atoms in total. The number of nitrogens with zero attached hydrogens (tertiary/aromatic N) is 4. The molecule has 0 radical (unpaired) electrons. The number of halogens is 3. The van der Waals surface area contributed by atoms with E-state index < -0.39 is 34.8 Å². The zero-order valence-electron chi connectivity index (χ0n) is 20.2. The summed E-state index contributed by atoms with van der Waals surface area (Å²) in [7, 11) is 0. The SMILES string of the molecule is CCOC(=O)COc1ccc([N+](=O)[O-])cc1C=Nn1c(-c2cccc(C(F)(F)F)c2)nc2ccccc2c1=O. The van der Waals surface area contributed by atoms with E-state index in [1.54, 1.807) is 19.1 Å². The molecule has 0 N–H and O–H groups in total. The number of hydrogen-bond donors (Lipinski definition) is 0. The minimum atomic E-state index is -4.64. The summed E-state index contributed by atoms with van der Waals surface area (Å²) >= 11 is 0. The molecule has 0 unspecified atom stereocenters. The predicted molar refractivity (Wildman–Crippen MR) is 135 cm³/mol. The number of aromatic nitrogens is 2. The van der Waals surface area contributed by atoms with Gasteiger partial charge in [0.1, 0.15) is 5.75 Å². The quantitative estimate of drug-likeness (QED) is 0.136. The number of carbonyl (C=O) groups is 1. The van der Waals surface area contributed by atoms with Gasteiger partial charge in [-0.25, -0.2) is 9.78 Å². The molecule has 1 heterocycles. The molecule has 0 amide bonds. The fourth-order valence-electron chi connectivity index (χ4n) is 3.59. The average Bonchev–Trinajstić information content (AvgIpc) is 2.91. The van der Waals surface area contributed by atoms with E-state index in [9.17, 15) is 32.9 Å². The van der Waals surface area contributed by atoms with E-state index in [4.69, 9.17) is 9.47 Å². The van der Waals surface area contributed by atoms with E-state index in [0.717, 1.165) is 35.2 Å². The lowest BCUT2D eigenvalue weighted by atomic mass is 10.1. The van der Waals surface area contributed by atoms with Crippen molar-refractivity contribution in [2.45, 2.75) is 13.1 Å². The second-order valence-corrected chi connectivity index (χ2v) is 7.97. The molecule has 1 aromatic heterocycles. The van der Waals surface area contributed by atoms with Crippen molar-refractivity contribution in [2.24, 2.45) is 5.10 Å². The molecule has 0 aliphatic carbocycles. The molecule has 0 aliphatic rings. The Hall–Kier alpha value is -5.07. The molecular formula is C26H19F3N4O6. The van der Waals surface area contributed by atoms with Crippen molar-refractivity contribution in [1.82, 2.24) is 9.66 Å². The number of nitro groups is 1. The van der Waals surface area contributed by atoms with E-state index in [-0.39, 0.29) is 45.9 Å². The molecule has 200 valence electrons. The first-order valence-electron chi connectivity index (χ1n) is 11.4. The molecule has 0 spiro atoms. The van der Waals surface area contributed by atoms with Gasteiger partial charge < -0.3 is 9.47 Å². The highest BCUT2D eigenvalue weighted by atomic mass is 19.4. The zero-order chi connectivity index (χ0) is 28.2. The maximum Gasteiger partial charge on any atom is 0.416 e. The fourth-order valence-corrected chi connectivity index (χ4v) is 3.59. The lowest BCUT2D eigenvalue weighted by Crippen LogP contribution is -2.20. The van der Waals surface area contributed by atoms with Crippen molar-refractivity contribution < 1.29 is 32.4 Å². The first-order valence-corrected chi connectivity index (χ1v) is 11.4. The predicted octanol–water partition coefficient (Wildman–Crippen LogP) is 4.81. The molecule has 0 atom stereocenters. The number of carbonyl (C=O) groups excluding carboxylic acids is 1. The van der Waals surface area contributed by atoms with E-state index in [2.05, 4.69) is 10.1 Å². The van der Waals surface area contributed by atoms with Crippen molar-refractivity contribution in [1.29, 1.82) is 0 Å². The van der Waals surface area contributed by atoms with E-state index in [1.807, 2.05) is 0 Å².